The summed E-state index contributed by atoms with van der Waals surface area (Å²) in [6.45, 7) is 3.62. The molecule has 1 aromatic heterocycles. The summed E-state index contributed by atoms with van der Waals surface area (Å²) in [5.74, 6) is -0.486. The summed E-state index contributed by atoms with van der Waals surface area (Å²) in [7, 11) is 0. The molecule has 0 saturated heterocycles. The first-order chi connectivity index (χ1) is 11.6. The van der Waals surface area contributed by atoms with Crippen LogP contribution in [0, 0.1) is 0 Å². The number of aromatic nitrogens is 1. The minimum Gasteiger partial charge on any atom is -0.349 e. The Kier molecular flexibility index (Phi) is 6.19. The molecule has 6 heteroatoms. The van der Waals surface area contributed by atoms with Crippen molar-refractivity contribution in [3.05, 3.63) is 66.0 Å². The van der Waals surface area contributed by atoms with Crippen LogP contribution in [0.2, 0.25) is 0 Å². The van der Waals surface area contributed by atoms with Crippen molar-refractivity contribution in [3.8, 4) is 0 Å². The van der Waals surface area contributed by atoms with Gasteiger partial charge in [-0.05, 0) is 31.5 Å². The molecule has 2 amide bonds. The molecule has 1 atom stereocenters. The van der Waals surface area contributed by atoms with Gasteiger partial charge < -0.3 is 5.32 Å². The number of nitrogens with one attached hydrogen (secondary N) is 2. The molecule has 0 bridgehead atoms. The molecule has 0 radical (unpaired) electrons. The summed E-state index contributed by atoms with van der Waals surface area (Å²) in [4.78, 5) is 27.7. The predicted octanol–water partition coefficient (Wildman–Crippen LogP) is 2.45. The fourth-order valence-corrected chi connectivity index (χ4v) is 2.10. The molecule has 2 rings (SSSR count). The molecule has 0 aliphatic rings. The standard InChI is InChI=1S/C18H20N4O2/c1-13(21-22-18(24)16-8-10-19-11-9-16)12-17(23)20-14(2)15-6-4-3-5-7-15/h3-11,14H,12H2,1-2H3,(H,20,23)(H,22,24)/b21-13-/t14-/m0/s1. The molecule has 2 N–H and O–H groups in total. The lowest BCUT2D eigenvalue weighted by molar-refractivity contribution is -0.120. The van der Waals surface area contributed by atoms with E-state index in [0.29, 0.717) is 11.3 Å². The zero-order valence-corrected chi connectivity index (χ0v) is 13.7. The molecule has 0 aliphatic carbocycles. The molecule has 6 nitrogen and oxygen atoms in total. The van der Waals surface area contributed by atoms with E-state index in [9.17, 15) is 9.59 Å². The Bertz CT molecular complexity index is 714. The number of amides is 2. The third-order valence-electron chi connectivity index (χ3n) is 3.38. The van der Waals surface area contributed by atoms with E-state index in [1.807, 2.05) is 37.3 Å². The summed E-state index contributed by atoms with van der Waals surface area (Å²) in [6.07, 6.45) is 3.18. The first kappa shape index (κ1) is 17.3. The van der Waals surface area contributed by atoms with Gasteiger partial charge in [0.15, 0.2) is 0 Å². The molecule has 0 fully saturated rings. The van der Waals surface area contributed by atoms with Gasteiger partial charge in [-0.2, -0.15) is 5.10 Å². The van der Waals surface area contributed by atoms with Crippen LogP contribution >= 0.6 is 0 Å². The molecule has 1 aromatic carbocycles. The summed E-state index contributed by atoms with van der Waals surface area (Å²) in [5, 5.41) is 6.86. The van der Waals surface area contributed by atoms with Crippen LogP contribution in [0.3, 0.4) is 0 Å². The van der Waals surface area contributed by atoms with Crippen molar-refractivity contribution in [2.24, 2.45) is 5.10 Å². The molecule has 24 heavy (non-hydrogen) atoms. The van der Waals surface area contributed by atoms with Gasteiger partial charge in [0.1, 0.15) is 0 Å². The molecular formula is C18H20N4O2. The third kappa shape index (κ3) is 5.31. The van der Waals surface area contributed by atoms with E-state index in [-0.39, 0.29) is 24.3 Å². The van der Waals surface area contributed by atoms with Crippen molar-refractivity contribution in [3.63, 3.8) is 0 Å². The quantitative estimate of drug-likeness (QED) is 0.632. The van der Waals surface area contributed by atoms with Crippen LogP contribution in [-0.4, -0.2) is 22.5 Å². The van der Waals surface area contributed by atoms with Crippen LogP contribution in [0.25, 0.3) is 0 Å². The van der Waals surface area contributed by atoms with Gasteiger partial charge in [-0.25, -0.2) is 5.43 Å². The Labute approximate surface area is 141 Å². The smallest absolute Gasteiger partial charge is 0.271 e. The zero-order chi connectivity index (χ0) is 17.4. The third-order valence-corrected chi connectivity index (χ3v) is 3.38. The van der Waals surface area contributed by atoms with Crippen LogP contribution in [-0.2, 0) is 4.79 Å². The largest absolute Gasteiger partial charge is 0.349 e. The summed E-state index contributed by atoms with van der Waals surface area (Å²) in [6, 6.07) is 12.8. The van der Waals surface area contributed by atoms with E-state index in [2.05, 4.69) is 20.8 Å². The number of carbonyl (C=O) groups is 2. The number of carbonyl (C=O) groups excluding carboxylic acids is 2. The molecular weight excluding hydrogens is 304 g/mol. The summed E-state index contributed by atoms with van der Waals surface area (Å²) >= 11 is 0. The number of pyridine rings is 1. The minimum absolute atomic E-state index is 0.0853. The first-order valence-electron chi connectivity index (χ1n) is 7.64. The summed E-state index contributed by atoms with van der Waals surface area (Å²) in [5.41, 5.74) is 4.45. The van der Waals surface area contributed by atoms with E-state index in [1.54, 1.807) is 19.1 Å². The Balaban J connectivity index is 1.84. The predicted molar refractivity (Wildman–Crippen MR) is 92.4 cm³/mol. The van der Waals surface area contributed by atoms with E-state index < -0.39 is 0 Å². The fourth-order valence-electron chi connectivity index (χ4n) is 2.10. The minimum atomic E-state index is -0.338. The second kappa shape index (κ2) is 8.57. The number of nitrogens with zero attached hydrogens (tertiary/aromatic N) is 2. The van der Waals surface area contributed by atoms with Crippen molar-refractivity contribution in [1.82, 2.24) is 15.7 Å². The van der Waals surface area contributed by atoms with Crippen molar-refractivity contribution >= 4 is 17.5 Å². The molecule has 0 saturated carbocycles. The molecule has 0 spiro atoms. The Morgan fingerprint density at radius 2 is 1.79 bits per heavy atom. The van der Waals surface area contributed by atoms with Gasteiger partial charge in [0.25, 0.3) is 5.91 Å². The Morgan fingerprint density at radius 1 is 1.12 bits per heavy atom. The summed E-state index contributed by atoms with van der Waals surface area (Å²) < 4.78 is 0. The Morgan fingerprint density at radius 3 is 2.46 bits per heavy atom. The second-order valence-electron chi connectivity index (χ2n) is 5.40. The number of rotatable bonds is 6. The highest BCUT2D eigenvalue weighted by molar-refractivity contribution is 6.01. The molecule has 1 heterocycles. The van der Waals surface area contributed by atoms with Gasteiger partial charge in [-0.1, -0.05) is 30.3 Å². The SMILES string of the molecule is C/C(CC(=O)N[C@@H](C)c1ccccc1)=N/NC(=O)c1ccncc1. The van der Waals surface area contributed by atoms with E-state index in [4.69, 9.17) is 0 Å². The number of hydrogen-bond acceptors (Lipinski definition) is 4. The highest BCUT2D eigenvalue weighted by atomic mass is 16.2. The normalized spacial score (nSPS) is 12.3. The van der Waals surface area contributed by atoms with Gasteiger partial charge in [0.2, 0.25) is 5.91 Å². The maximum atomic E-state index is 12.0. The van der Waals surface area contributed by atoms with Gasteiger partial charge in [-0.3, -0.25) is 14.6 Å². The molecule has 0 unspecified atom stereocenters. The average Bonchev–Trinajstić information content (AvgIpc) is 2.61. The average molecular weight is 324 g/mol. The van der Waals surface area contributed by atoms with Crippen LogP contribution in [0.15, 0.2) is 60.0 Å². The van der Waals surface area contributed by atoms with E-state index in [0.717, 1.165) is 5.56 Å². The highest BCUT2D eigenvalue weighted by Crippen LogP contribution is 2.11. The van der Waals surface area contributed by atoms with Crippen molar-refractivity contribution in [2.45, 2.75) is 26.3 Å². The van der Waals surface area contributed by atoms with Crippen LogP contribution in [0.5, 0.6) is 0 Å². The molecule has 124 valence electrons. The highest BCUT2D eigenvalue weighted by Gasteiger charge is 2.10. The lowest BCUT2D eigenvalue weighted by Gasteiger charge is -2.14. The lowest BCUT2D eigenvalue weighted by Crippen LogP contribution is -2.28. The number of hydrogen-bond donors (Lipinski definition) is 2. The lowest BCUT2D eigenvalue weighted by atomic mass is 10.1. The van der Waals surface area contributed by atoms with Gasteiger partial charge >= 0.3 is 0 Å². The van der Waals surface area contributed by atoms with Crippen molar-refractivity contribution in [2.75, 3.05) is 0 Å². The van der Waals surface area contributed by atoms with Crippen LogP contribution < -0.4 is 10.7 Å². The molecule has 0 aliphatic heterocycles. The Hall–Kier alpha value is -3.02. The van der Waals surface area contributed by atoms with Gasteiger partial charge in [0, 0.05) is 23.7 Å². The van der Waals surface area contributed by atoms with Crippen molar-refractivity contribution < 1.29 is 9.59 Å². The van der Waals surface area contributed by atoms with Gasteiger partial charge in [0.05, 0.1) is 12.5 Å². The van der Waals surface area contributed by atoms with Crippen molar-refractivity contribution in [1.29, 1.82) is 0 Å². The maximum absolute atomic E-state index is 12.0. The van der Waals surface area contributed by atoms with Gasteiger partial charge in [-0.15, -0.1) is 0 Å². The van der Waals surface area contributed by atoms with E-state index in [1.165, 1.54) is 12.4 Å². The second-order valence-corrected chi connectivity index (χ2v) is 5.40. The maximum Gasteiger partial charge on any atom is 0.271 e. The van der Waals surface area contributed by atoms with E-state index >= 15 is 0 Å². The monoisotopic (exact) mass is 324 g/mol. The topological polar surface area (TPSA) is 83.5 Å². The molecule has 2 aromatic rings. The van der Waals surface area contributed by atoms with Crippen LogP contribution in [0.4, 0.5) is 0 Å². The fraction of sp³-hybridized carbons (Fsp3) is 0.222. The first-order valence-corrected chi connectivity index (χ1v) is 7.64. The number of hydrazone groups is 1. The number of benzene rings is 1. The van der Waals surface area contributed by atoms with Crippen LogP contribution in [0.1, 0.15) is 42.2 Å². The zero-order valence-electron chi connectivity index (χ0n) is 13.7.